The highest BCUT2D eigenvalue weighted by Crippen LogP contribution is 2.15. The van der Waals surface area contributed by atoms with Crippen LogP contribution in [-0.4, -0.2) is 38.0 Å². The predicted molar refractivity (Wildman–Crippen MR) is 95.9 cm³/mol. The number of furan rings is 1. The van der Waals surface area contributed by atoms with E-state index >= 15 is 0 Å². The maximum Gasteiger partial charge on any atom is 0.286 e. The Hall–Kier alpha value is -3.13. The first-order chi connectivity index (χ1) is 12.6. The SMILES string of the molecule is COCC(=O)Nc1cccc(NC(=O)CCCNC(=O)c2ccco2)c1. The highest BCUT2D eigenvalue weighted by Gasteiger charge is 2.08. The Balaban J connectivity index is 1.72. The summed E-state index contributed by atoms with van der Waals surface area (Å²) in [6.07, 6.45) is 2.16. The van der Waals surface area contributed by atoms with Crippen LogP contribution in [0, 0.1) is 0 Å². The molecule has 0 aliphatic rings. The van der Waals surface area contributed by atoms with Crippen LogP contribution in [0.1, 0.15) is 23.4 Å². The average molecular weight is 359 g/mol. The molecule has 0 fully saturated rings. The van der Waals surface area contributed by atoms with Crippen molar-refractivity contribution in [1.29, 1.82) is 0 Å². The topological polar surface area (TPSA) is 110 Å². The fraction of sp³-hybridized carbons (Fsp3) is 0.278. The number of anilines is 2. The molecule has 3 amide bonds. The van der Waals surface area contributed by atoms with Gasteiger partial charge in [0.2, 0.25) is 11.8 Å². The van der Waals surface area contributed by atoms with E-state index in [0.29, 0.717) is 24.3 Å². The van der Waals surface area contributed by atoms with Gasteiger partial charge in [0.25, 0.3) is 5.91 Å². The summed E-state index contributed by atoms with van der Waals surface area (Å²) < 4.78 is 9.73. The van der Waals surface area contributed by atoms with Gasteiger partial charge in [-0.3, -0.25) is 14.4 Å². The van der Waals surface area contributed by atoms with Crippen molar-refractivity contribution in [1.82, 2.24) is 5.32 Å². The zero-order chi connectivity index (χ0) is 18.8. The molecule has 1 aromatic carbocycles. The molecule has 0 saturated carbocycles. The molecular formula is C18H21N3O5. The van der Waals surface area contributed by atoms with Gasteiger partial charge in [-0.05, 0) is 36.8 Å². The predicted octanol–water partition coefficient (Wildman–Crippen LogP) is 2.01. The van der Waals surface area contributed by atoms with E-state index in [1.807, 2.05) is 0 Å². The van der Waals surface area contributed by atoms with Gasteiger partial charge >= 0.3 is 0 Å². The van der Waals surface area contributed by atoms with E-state index < -0.39 is 0 Å². The van der Waals surface area contributed by atoms with Gasteiger partial charge in [-0.25, -0.2) is 0 Å². The molecule has 8 nitrogen and oxygen atoms in total. The molecule has 2 rings (SSSR count). The zero-order valence-corrected chi connectivity index (χ0v) is 14.4. The Morgan fingerprint density at radius 3 is 2.42 bits per heavy atom. The molecule has 8 heteroatoms. The number of hydrogen-bond acceptors (Lipinski definition) is 5. The molecule has 1 aromatic heterocycles. The van der Waals surface area contributed by atoms with Crippen molar-refractivity contribution in [3.05, 3.63) is 48.4 Å². The van der Waals surface area contributed by atoms with Gasteiger partial charge in [0.15, 0.2) is 5.76 Å². The number of carbonyl (C=O) groups excluding carboxylic acids is 3. The lowest BCUT2D eigenvalue weighted by atomic mass is 10.2. The van der Waals surface area contributed by atoms with Crippen molar-refractivity contribution in [3.63, 3.8) is 0 Å². The van der Waals surface area contributed by atoms with Crippen LogP contribution in [-0.2, 0) is 14.3 Å². The van der Waals surface area contributed by atoms with Gasteiger partial charge in [0.1, 0.15) is 6.61 Å². The van der Waals surface area contributed by atoms with E-state index in [9.17, 15) is 14.4 Å². The summed E-state index contributed by atoms with van der Waals surface area (Å²) in [4.78, 5) is 35.1. The smallest absolute Gasteiger partial charge is 0.286 e. The lowest BCUT2D eigenvalue weighted by molar-refractivity contribution is -0.119. The summed E-state index contributed by atoms with van der Waals surface area (Å²) in [5.74, 6) is -0.530. The third-order valence-corrected chi connectivity index (χ3v) is 3.32. The number of amides is 3. The maximum absolute atomic E-state index is 12.0. The summed E-state index contributed by atoms with van der Waals surface area (Å²) in [5.41, 5.74) is 1.14. The van der Waals surface area contributed by atoms with Gasteiger partial charge in [0, 0.05) is 31.5 Å². The molecule has 26 heavy (non-hydrogen) atoms. The van der Waals surface area contributed by atoms with Gasteiger partial charge in [-0.15, -0.1) is 0 Å². The Kier molecular flexibility index (Phi) is 7.38. The molecule has 0 atom stereocenters. The van der Waals surface area contributed by atoms with Crippen LogP contribution in [0.15, 0.2) is 47.1 Å². The molecule has 1 heterocycles. The monoisotopic (exact) mass is 359 g/mol. The van der Waals surface area contributed by atoms with Crippen LogP contribution in [0.3, 0.4) is 0 Å². The molecule has 3 N–H and O–H groups in total. The van der Waals surface area contributed by atoms with Crippen LogP contribution in [0.5, 0.6) is 0 Å². The first kappa shape index (κ1) is 19.2. The summed E-state index contributed by atoms with van der Waals surface area (Å²) >= 11 is 0. The third-order valence-electron chi connectivity index (χ3n) is 3.32. The number of methoxy groups -OCH3 is 1. The summed E-state index contributed by atoms with van der Waals surface area (Å²) in [6.45, 7) is 0.320. The van der Waals surface area contributed by atoms with Gasteiger partial charge in [-0.2, -0.15) is 0 Å². The normalized spacial score (nSPS) is 10.2. The van der Waals surface area contributed by atoms with E-state index in [0.717, 1.165) is 0 Å². The minimum Gasteiger partial charge on any atom is -0.459 e. The Bertz CT molecular complexity index is 743. The van der Waals surface area contributed by atoms with Crippen molar-refractivity contribution in [2.24, 2.45) is 0 Å². The standard InChI is InChI=1S/C18H21N3O5/c1-25-12-17(23)21-14-6-2-5-13(11-14)20-16(22)8-3-9-19-18(24)15-7-4-10-26-15/h2,4-7,10-11H,3,8-9,12H2,1H3,(H,19,24)(H,20,22)(H,21,23). The maximum atomic E-state index is 12.0. The van der Waals surface area contributed by atoms with Crippen LogP contribution in [0.25, 0.3) is 0 Å². The largest absolute Gasteiger partial charge is 0.459 e. The van der Waals surface area contributed by atoms with Crippen molar-refractivity contribution >= 4 is 29.1 Å². The van der Waals surface area contributed by atoms with Gasteiger partial charge in [-0.1, -0.05) is 6.07 Å². The molecule has 0 aliphatic heterocycles. The quantitative estimate of drug-likeness (QED) is 0.593. The average Bonchev–Trinajstić information content (AvgIpc) is 3.14. The fourth-order valence-corrected chi connectivity index (χ4v) is 2.17. The second-order valence-electron chi connectivity index (χ2n) is 5.45. The second-order valence-corrected chi connectivity index (χ2v) is 5.45. The lowest BCUT2D eigenvalue weighted by Crippen LogP contribution is -2.25. The fourth-order valence-electron chi connectivity index (χ4n) is 2.17. The number of benzene rings is 1. The third kappa shape index (κ3) is 6.40. The molecule has 0 radical (unpaired) electrons. The van der Waals surface area contributed by atoms with Crippen LogP contribution in [0.4, 0.5) is 11.4 Å². The van der Waals surface area contributed by atoms with Crippen LogP contribution >= 0.6 is 0 Å². The summed E-state index contributed by atoms with van der Waals surface area (Å²) in [7, 11) is 1.44. The highest BCUT2D eigenvalue weighted by molar-refractivity contribution is 5.94. The van der Waals surface area contributed by atoms with Crippen LogP contribution in [0.2, 0.25) is 0 Å². The van der Waals surface area contributed by atoms with E-state index in [-0.39, 0.29) is 36.5 Å². The molecule has 0 saturated heterocycles. The Morgan fingerprint density at radius 2 is 1.77 bits per heavy atom. The Morgan fingerprint density at radius 1 is 1.04 bits per heavy atom. The molecule has 0 unspecified atom stereocenters. The number of rotatable bonds is 9. The second kappa shape index (κ2) is 10.00. The Labute approximate surface area is 150 Å². The van der Waals surface area contributed by atoms with Crippen molar-refractivity contribution in [2.75, 3.05) is 30.9 Å². The van der Waals surface area contributed by atoms with E-state index in [4.69, 9.17) is 9.15 Å². The molecule has 0 bridgehead atoms. The van der Waals surface area contributed by atoms with Crippen LogP contribution < -0.4 is 16.0 Å². The summed E-state index contributed by atoms with van der Waals surface area (Å²) in [5, 5.41) is 8.09. The van der Waals surface area contributed by atoms with Gasteiger partial charge in [0.05, 0.1) is 6.26 Å². The first-order valence-corrected chi connectivity index (χ1v) is 8.09. The van der Waals surface area contributed by atoms with E-state index in [2.05, 4.69) is 16.0 Å². The first-order valence-electron chi connectivity index (χ1n) is 8.09. The number of nitrogens with one attached hydrogen (secondary N) is 3. The van der Waals surface area contributed by atoms with Gasteiger partial charge < -0.3 is 25.1 Å². The molecule has 0 aliphatic carbocycles. The molecule has 138 valence electrons. The number of hydrogen-bond donors (Lipinski definition) is 3. The van der Waals surface area contributed by atoms with E-state index in [1.54, 1.807) is 36.4 Å². The van der Waals surface area contributed by atoms with Crippen molar-refractivity contribution < 1.29 is 23.5 Å². The van der Waals surface area contributed by atoms with E-state index in [1.165, 1.54) is 13.4 Å². The summed E-state index contributed by atoms with van der Waals surface area (Å²) in [6, 6.07) is 10.0. The van der Waals surface area contributed by atoms with Crippen molar-refractivity contribution in [2.45, 2.75) is 12.8 Å². The highest BCUT2D eigenvalue weighted by atomic mass is 16.5. The lowest BCUT2D eigenvalue weighted by Gasteiger charge is -2.09. The number of ether oxygens (including phenoxy) is 1. The zero-order valence-electron chi connectivity index (χ0n) is 14.4. The molecular weight excluding hydrogens is 338 g/mol. The minimum absolute atomic E-state index is 0.0414. The van der Waals surface area contributed by atoms with Crippen molar-refractivity contribution in [3.8, 4) is 0 Å². The minimum atomic E-state index is -0.310. The molecule has 0 spiro atoms. The number of carbonyl (C=O) groups is 3. The molecule has 2 aromatic rings.